The molecular weight excluding hydrogens is 232 g/mol. The zero-order chi connectivity index (χ0) is 13.5. The third-order valence-corrected chi connectivity index (χ3v) is 3.16. The minimum Gasteiger partial charge on any atom is -0.383 e. The van der Waals surface area contributed by atoms with Gasteiger partial charge in [0.15, 0.2) is 0 Å². The molecule has 0 bridgehead atoms. The summed E-state index contributed by atoms with van der Waals surface area (Å²) in [6, 6.07) is 19.4. The molecule has 0 aliphatic carbocycles. The topological polar surface area (TPSA) is 24.1 Å². The summed E-state index contributed by atoms with van der Waals surface area (Å²) in [6.45, 7) is 6.15. The summed E-state index contributed by atoms with van der Waals surface area (Å²) in [6.07, 6.45) is 0. The van der Waals surface area contributed by atoms with Crippen molar-refractivity contribution in [1.29, 1.82) is 0 Å². The highest BCUT2D eigenvalue weighted by atomic mass is 15.0. The van der Waals surface area contributed by atoms with Crippen molar-refractivity contribution in [3.63, 3.8) is 0 Å². The normalized spacial score (nSPS) is 12.1. The molecule has 0 saturated heterocycles. The summed E-state index contributed by atoms with van der Waals surface area (Å²) >= 11 is 0. The summed E-state index contributed by atoms with van der Waals surface area (Å²) in [5, 5.41) is 6.95. The Morgan fingerprint density at radius 2 is 1.63 bits per heavy atom. The van der Waals surface area contributed by atoms with Gasteiger partial charge < -0.3 is 10.6 Å². The maximum Gasteiger partial charge on any atom is 0.0340 e. The van der Waals surface area contributed by atoms with Crippen molar-refractivity contribution < 1.29 is 0 Å². The van der Waals surface area contributed by atoms with Crippen LogP contribution in [0.5, 0.6) is 0 Å². The van der Waals surface area contributed by atoms with Gasteiger partial charge in [0.25, 0.3) is 0 Å². The highest BCUT2D eigenvalue weighted by Gasteiger charge is 2.01. The minimum absolute atomic E-state index is 0.432. The van der Waals surface area contributed by atoms with E-state index in [9.17, 15) is 0 Å². The monoisotopic (exact) mass is 254 g/mol. The zero-order valence-corrected chi connectivity index (χ0v) is 11.7. The van der Waals surface area contributed by atoms with Crippen LogP contribution in [0.25, 0.3) is 0 Å². The van der Waals surface area contributed by atoms with E-state index in [4.69, 9.17) is 0 Å². The molecule has 2 N–H and O–H groups in total. The van der Waals surface area contributed by atoms with E-state index in [1.165, 1.54) is 16.8 Å². The van der Waals surface area contributed by atoms with E-state index in [1.807, 2.05) is 18.2 Å². The predicted octanol–water partition coefficient (Wildman–Crippen LogP) is 3.59. The van der Waals surface area contributed by atoms with Gasteiger partial charge in [-0.2, -0.15) is 0 Å². The second-order valence-electron chi connectivity index (χ2n) is 5.01. The van der Waals surface area contributed by atoms with Gasteiger partial charge in [0.2, 0.25) is 0 Å². The lowest BCUT2D eigenvalue weighted by Gasteiger charge is -2.15. The lowest BCUT2D eigenvalue weighted by Crippen LogP contribution is -2.32. The Hall–Kier alpha value is -1.80. The Morgan fingerprint density at radius 3 is 2.32 bits per heavy atom. The van der Waals surface area contributed by atoms with Crippen molar-refractivity contribution in [3.8, 4) is 0 Å². The average molecular weight is 254 g/mol. The first-order valence-corrected chi connectivity index (χ1v) is 6.82. The molecule has 1 atom stereocenters. The van der Waals surface area contributed by atoms with Gasteiger partial charge in [0.1, 0.15) is 0 Å². The number of nitrogens with one attached hydrogen (secondary N) is 2. The van der Waals surface area contributed by atoms with Crippen LogP contribution in [-0.4, -0.2) is 12.6 Å². The Bertz CT molecular complexity index is 476. The van der Waals surface area contributed by atoms with Crippen molar-refractivity contribution in [1.82, 2.24) is 5.32 Å². The zero-order valence-electron chi connectivity index (χ0n) is 11.7. The molecule has 2 aromatic rings. The van der Waals surface area contributed by atoms with Crippen molar-refractivity contribution in [2.45, 2.75) is 26.4 Å². The van der Waals surface area contributed by atoms with Gasteiger partial charge in [-0.1, -0.05) is 48.0 Å². The molecule has 0 amide bonds. The van der Waals surface area contributed by atoms with Crippen LogP contribution in [0.2, 0.25) is 0 Å². The van der Waals surface area contributed by atoms with Crippen LogP contribution in [0.3, 0.4) is 0 Å². The molecule has 0 aliphatic heterocycles. The van der Waals surface area contributed by atoms with Crippen LogP contribution < -0.4 is 10.6 Å². The van der Waals surface area contributed by atoms with E-state index < -0.39 is 0 Å². The molecule has 0 spiro atoms. The summed E-state index contributed by atoms with van der Waals surface area (Å²) in [4.78, 5) is 0. The van der Waals surface area contributed by atoms with Gasteiger partial charge >= 0.3 is 0 Å². The predicted molar refractivity (Wildman–Crippen MR) is 82.4 cm³/mol. The molecule has 100 valence electrons. The molecule has 0 aromatic heterocycles. The highest BCUT2D eigenvalue weighted by molar-refractivity contribution is 5.42. The first kappa shape index (κ1) is 13.6. The van der Waals surface area contributed by atoms with Gasteiger partial charge in [0.05, 0.1) is 0 Å². The van der Waals surface area contributed by atoms with Gasteiger partial charge in [-0.25, -0.2) is 0 Å². The molecule has 0 aliphatic rings. The van der Waals surface area contributed by atoms with Crippen LogP contribution in [0.15, 0.2) is 54.6 Å². The fraction of sp³-hybridized carbons (Fsp3) is 0.294. The van der Waals surface area contributed by atoms with E-state index in [1.54, 1.807) is 0 Å². The largest absolute Gasteiger partial charge is 0.383 e. The molecule has 2 heteroatoms. The fourth-order valence-corrected chi connectivity index (χ4v) is 1.90. The molecule has 2 rings (SSSR count). The Balaban J connectivity index is 1.72. The summed E-state index contributed by atoms with van der Waals surface area (Å²) in [7, 11) is 0. The molecule has 2 aromatic carbocycles. The third kappa shape index (κ3) is 4.76. The SMILES string of the molecule is Cc1ccc(CNC(C)CNc2ccccc2)cc1. The quantitative estimate of drug-likeness (QED) is 0.823. The second-order valence-corrected chi connectivity index (χ2v) is 5.01. The van der Waals surface area contributed by atoms with E-state index in [2.05, 4.69) is 60.9 Å². The molecule has 19 heavy (non-hydrogen) atoms. The van der Waals surface area contributed by atoms with Gasteiger partial charge in [0, 0.05) is 24.8 Å². The number of rotatable bonds is 6. The number of benzene rings is 2. The maximum absolute atomic E-state index is 3.53. The Morgan fingerprint density at radius 1 is 0.947 bits per heavy atom. The minimum atomic E-state index is 0.432. The smallest absolute Gasteiger partial charge is 0.0340 e. The van der Waals surface area contributed by atoms with Crippen molar-refractivity contribution in [3.05, 3.63) is 65.7 Å². The highest BCUT2D eigenvalue weighted by Crippen LogP contribution is 2.05. The number of para-hydroxylation sites is 1. The Labute approximate surface area is 115 Å². The first-order valence-electron chi connectivity index (χ1n) is 6.82. The lowest BCUT2D eigenvalue weighted by molar-refractivity contribution is 0.568. The van der Waals surface area contributed by atoms with Crippen molar-refractivity contribution >= 4 is 5.69 Å². The number of hydrogen-bond donors (Lipinski definition) is 2. The molecular formula is C17H22N2. The fourth-order valence-electron chi connectivity index (χ4n) is 1.90. The molecule has 0 fully saturated rings. The second kappa shape index (κ2) is 6.95. The summed E-state index contributed by atoms with van der Waals surface area (Å²) in [5.41, 5.74) is 3.81. The summed E-state index contributed by atoms with van der Waals surface area (Å²) < 4.78 is 0. The molecule has 0 heterocycles. The van der Waals surface area contributed by atoms with Gasteiger partial charge in [-0.15, -0.1) is 0 Å². The van der Waals surface area contributed by atoms with Crippen molar-refractivity contribution in [2.24, 2.45) is 0 Å². The van der Waals surface area contributed by atoms with Crippen LogP contribution in [0.1, 0.15) is 18.1 Å². The summed E-state index contributed by atoms with van der Waals surface area (Å²) in [5.74, 6) is 0. The Kier molecular flexibility index (Phi) is 4.99. The number of aryl methyl sites for hydroxylation is 1. The molecule has 2 nitrogen and oxygen atoms in total. The first-order chi connectivity index (χ1) is 9.24. The van der Waals surface area contributed by atoms with E-state index in [-0.39, 0.29) is 0 Å². The molecule has 0 radical (unpaired) electrons. The third-order valence-electron chi connectivity index (χ3n) is 3.16. The van der Waals surface area contributed by atoms with Crippen molar-refractivity contribution in [2.75, 3.05) is 11.9 Å². The van der Waals surface area contributed by atoms with E-state index in [0.717, 1.165) is 13.1 Å². The van der Waals surface area contributed by atoms with Crippen LogP contribution in [0, 0.1) is 6.92 Å². The van der Waals surface area contributed by atoms with E-state index in [0.29, 0.717) is 6.04 Å². The van der Waals surface area contributed by atoms with Gasteiger partial charge in [-0.3, -0.25) is 0 Å². The van der Waals surface area contributed by atoms with Crippen LogP contribution in [-0.2, 0) is 6.54 Å². The number of hydrogen-bond acceptors (Lipinski definition) is 2. The lowest BCUT2D eigenvalue weighted by atomic mass is 10.1. The standard InChI is InChI=1S/C17H22N2/c1-14-8-10-16(11-9-14)13-18-15(2)12-19-17-6-4-3-5-7-17/h3-11,15,18-19H,12-13H2,1-2H3. The van der Waals surface area contributed by atoms with Crippen LogP contribution in [0.4, 0.5) is 5.69 Å². The van der Waals surface area contributed by atoms with Crippen LogP contribution >= 0.6 is 0 Å². The number of anilines is 1. The maximum atomic E-state index is 3.53. The average Bonchev–Trinajstić information content (AvgIpc) is 2.45. The van der Waals surface area contributed by atoms with E-state index >= 15 is 0 Å². The molecule has 0 saturated carbocycles. The van der Waals surface area contributed by atoms with Gasteiger partial charge in [-0.05, 0) is 31.5 Å². The molecule has 1 unspecified atom stereocenters.